The molecule has 0 aromatic heterocycles. The van der Waals surface area contributed by atoms with E-state index in [4.69, 9.17) is 11.6 Å². The number of hydrogen-bond donors (Lipinski definition) is 0. The van der Waals surface area contributed by atoms with Crippen molar-refractivity contribution in [2.45, 2.75) is 13.8 Å². The molecule has 1 aliphatic rings. The Labute approximate surface area is 91.8 Å². The lowest BCUT2D eigenvalue weighted by Crippen LogP contribution is -2.43. The maximum Gasteiger partial charge on any atom is 0.0508 e. The summed E-state index contributed by atoms with van der Waals surface area (Å²) in [7, 11) is 2.16. The van der Waals surface area contributed by atoms with Crippen LogP contribution in [-0.4, -0.2) is 43.0 Å². The van der Waals surface area contributed by atoms with E-state index in [1.165, 1.54) is 5.70 Å². The number of piperazine rings is 1. The predicted octanol–water partition coefficient (Wildman–Crippen LogP) is 2.28. The third-order valence-corrected chi connectivity index (χ3v) is 2.72. The molecule has 1 rings (SSSR count). The molecule has 3 heteroatoms. The summed E-state index contributed by atoms with van der Waals surface area (Å²) in [5, 5.41) is 0.882. The zero-order chi connectivity index (χ0) is 10.6. The molecule has 1 saturated heterocycles. The van der Waals surface area contributed by atoms with E-state index in [-0.39, 0.29) is 0 Å². The Kier molecular flexibility index (Phi) is 4.49. The van der Waals surface area contributed by atoms with Crippen LogP contribution in [0.15, 0.2) is 22.9 Å². The average molecular weight is 215 g/mol. The van der Waals surface area contributed by atoms with E-state index in [2.05, 4.69) is 22.9 Å². The van der Waals surface area contributed by atoms with E-state index in [0.717, 1.165) is 31.2 Å². The van der Waals surface area contributed by atoms with Gasteiger partial charge in [0.15, 0.2) is 0 Å². The molecular weight excluding hydrogens is 196 g/mol. The fraction of sp³-hybridized carbons (Fsp3) is 0.636. The van der Waals surface area contributed by atoms with Crippen molar-refractivity contribution < 1.29 is 0 Å². The topological polar surface area (TPSA) is 6.48 Å². The van der Waals surface area contributed by atoms with Crippen LogP contribution in [0, 0.1) is 0 Å². The minimum absolute atomic E-state index is 0.882. The van der Waals surface area contributed by atoms with Crippen LogP contribution in [0.4, 0.5) is 0 Å². The van der Waals surface area contributed by atoms with Crippen LogP contribution >= 0.6 is 11.6 Å². The van der Waals surface area contributed by atoms with Gasteiger partial charge in [-0.3, -0.25) is 0 Å². The molecule has 0 bridgehead atoms. The van der Waals surface area contributed by atoms with E-state index < -0.39 is 0 Å². The molecule has 2 nitrogen and oxygen atoms in total. The number of likely N-dealkylation sites (N-methyl/N-ethyl adjacent to an activating group) is 1. The summed E-state index contributed by atoms with van der Waals surface area (Å²) >= 11 is 6.07. The number of nitrogens with zero attached hydrogens (tertiary/aromatic N) is 2. The van der Waals surface area contributed by atoms with E-state index in [1.54, 1.807) is 0 Å². The number of allylic oxidation sites excluding steroid dienone is 3. The van der Waals surface area contributed by atoms with Gasteiger partial charge in [0.25, 0.3) is 0 Å². The van der Waals surface area contributed by atoms with Gasteiger partial charge in [-0.2, -0.15) is 0 Å². The molecule has 0 N–H and O–H groups in total. The quantitative estimate of drug-likeness (QED) is 0.651. The van der Waals surface area contributed by atoms with E-state index in [1.807, 2.05) is 19.9 Å². The van der Waals surface area contributed by atoms with Gasteiger partial charge in [-0.15, -0.1) is 0 Å². The fourth-order valence-electron chi connectivity index (χ4n) is 1.64. The lowest BCUT2D eigenvalue weighted by Gasteiger charge is -2.35. The van der Waals surface area contributed by atoms with Crippen molar-refractivity contribution in [3.63, 3.8) is 0 Å². The molecular formula is C11H19ClN2. The van der Waals surface area contributed by atoms with Crippen LogP contribution in [-0.2, 0) is 0 Å². The van der Waals surface area contributed by atoms with Crippen molar-refractivity contribution in [3.8, 4) is 0 Å². The Bertz CT molecular complexity index is 234. The summed E-state index contributed by atoms with van der Waals surface area (Å²) in [6.45, 7) is 8.35. The van der Waals surface area contributed by atoms with Gasteiger partial charge in [0.2, 0.25) is 0 Å². The SMILES string of the molecule is C/C=C\C(=C(/C)Cl)N1CCN(C)CC1. The van der Waals surface area contributed by atoms with Gasteiger partial charge in [-0.05, 0) is 27.0 Å². The second kappa shape index (κ2) is 5.42. The standard InChI is InChI=1S/C11H19ClN2/c1-4-5-11(10(2)12)14-8-6-13(3)7-9-14/h4-5H,6-9H2,1-3H3/b5-4-,11-10-. The third kappa shape index (κ3) is 3.03. The first-order valence-electron chi connectivity index (χ1n) is 5.07. The highest BCUT2D eigenvalue weighted by molar-refractivity contribution is 6.29. The van der Waals surface area contributed by atoms with Gasteiger partial charge < -0.3 is 9.80 Å². The Balaban J connectivity index is 2.67. The molecule has 0 saturated carbocycles. The Hall–Kier alpha value is -0.470. The number of halogens is 1. The molecule has 0 spiro atoms. The van der Waals surface area contributed by atoms with Crippen LogP contribution in [0.2, 0.25) is 0 Å². The minimum Gasteiger partial charge on any atom is -0.368 e. The molecule has 14 heavy (non-hydrogen) atoms. The normalized spacial score (nSPS) is 21.6. The summed E-state index contributed by atoms with van der Waals surface area (Å²) in [6, 6.07) is 0. The first-order chi connectivity index (χ1) is 6.65. The van der Waals surface area contributed by atoms with Gasteiger partial charge in [-0.25, -0.2) is 0 Å². The molecule has 1 aliphatic heterocycles. The van der Waals surface area contributed by atoms with Crippen molar-refractivity contribution in [3.05, 3.63) is 22.9 Å². The molecule has 0 unspecified atom stereocenters. The van der Waals surface area contributed by atoms with Crippen LogP contribution in [0.5, 0.6) is 0 Å². The zero-order valence-corrected chi connectivity index (χ0v) is 10.0. The first kappa shape index (κ1) is 11.6. The van der Waals surface area contributed by atoms with Gasteiger partial charge in [0.05, 0.1) is 5.70 Å². The smallest absolute Gasteiger partial charge is 0.0508 e. The summed E-state index contributed by atoms with van der Waals surface area (Å²) in [5.41, 5.74) is 1.17. The Morgan fingerprint density at radius 3 is 2.21 bits per heavy atom. The van der Waals surface area contributed by atoms with Crippen molar-refractivity contribution in [1.29, 1.82) is 0 Å². The maximum atomic E-state index is 6.07. The van der Waals surface area contributed by atoms with E-state index in [0.29, 0.717) is 0 Å². The van der Waals surface area contributed by atoms with Crippen LogP contribution in [0.25, 0.3) is 0 Å². The summed E-state index contributed by atoms with van der Waals surface area (Å²) in [6.07, 6.45) is 4.13. The largest absolute Gasteiger partial charge is 0.368 e. The first-order valence-corrected chi connectivity index (χ1v) is 5.45. The van der Waals surface area contributed by atoms with Crippen molar-refractivity contribution >= 4 is 11.6 Å². The fourth-order valence-corrected chi connectivity index (χ4v) is 1.83. The molecule has 80 valence electrons. The molecule has 0 amide bonds. The van der Waals surface area contributed by atoms with Crippen LogP contribution < -0.4 is 0 Å². The highest BCUT2D eigenvalue weighted by Crippen LogP contribution is 2.17. The van der Waals surface area contributed by atoms with Crippen molar-refractivity contribution in [2.24, 2.45) is 0 Å². The predicted molar refractivity (Wildman–Crippen MR) is 62.4 cm³/mol. The maximum absolute atomic E-state index is 6.07. The molecule has 1 fully saturated rings. The highest BCUT2D eigenvalue weighted by Gasteiger charge is 2.15. The van der Waals surface area contributed by atoms with E-state index in [9.17, 15) is 0 Å². The van der Waals surface area contributed by atoms with Crippen LogP contribution in [0.3, 0.4) is 0 Å². The van der Waals surface area contributed by atoms with Gasteiger partial charge in [0, 0.05) is 31.2 Å². The second-order valence-corrected chi connectivity index (χ2v) is 4.28. The van der Waals surface area contributed by atoms with Gasteiger partial charge in [-0.1, -0.05) is 17.7 Å². The molecule has 0 aliphatic carbocycles. The lowest BCUT2D eigenvalue weighted by atomic mass is 10.2. The Morgan fingerprint density at radius 2 is 1.79 bits per heavy atom. The second-order valence-electron chi connectivity index (χ2n) is 3.71. The van der Waals surface area contributed by atoms with Gasteiger partial charge in [0.1, 0.15) is 0 Å². The average Bonchev–Trinajstić information content (AvgIpc) is 2.15. The monoisotopic (exact) mass is 214 g/mol. The van der Waals surface area contributed by atoms with Crippen molar-refractivity contribution in [2.75, 3.05) is 33.2 Å². The summed E-state index contributed by atoms with van der Waals surface area (Å²) in [5.74, 6) is 0. The van der Waals surface area contributed by atoms with E-state index >= 15 is 0 Å². The molecule has 0 aromatic rings. The third-order valence-electron chi connectivity index (χ3n) is 2.52. The summed E-state index contributed by atoms with van der Waals surface area (Å²) < 4.78 is 0. The number of rotatable bonds is 2. The minimum atomic E-state index is 0.882. The van der Waals surface area contributed by atoms with Crippen molar-refractivity contribution in [1.82, 2.24) is 9.80 Å². The highest BCUT2D eigenvalue weighted by atomic mass is 35.5. The molecule has 1 heterocycles. The molecule has 0 atom stereocenters. The number of hydrogen-bond acceptors (Lipinski definition) is 2. The molecule has 0 aromatic carbocycles. The lowest BCUT2D eigenvalue weighted by molar-refractivity contribution is 0.189. The Morgan fingerprint density at radius 1 is 1.21 bits per heavy atom. The molecule has 0 radical (unpaired) electrons. The van der Waals surface area contributed by atoms with Gasteiger partial charge >= 0.3 is 0 Å². The van der Waals surface area contributed by atoms with Crippen LogP contribution in [0.1, 0.15) is 13.8 Å². The zero-order valence-electron chi connectivity index (χ0n) is 9.26. The summed E-state index contributed by atoms with van der Waals surface area (Å²) in [4.78, 5) is 4.69.